The lowest BCUT2D eigenvalue weighted by molar-refractivity contribution is -0.132. The van der Waals surface area contributed by atoms with Gasteiger partial charge < -0.3 is 14.4 Å². The highest BCUT2D eigenvalue weighted by atomic mass is 35.5. The Labute approximate surface area is 222 Å². The molecule has 3 amide bonds. The van der Waals surface area contributed by atoms with Gasteiger partial charge in [0, 0.05) is 11.6 Å². The summed E-state index contributed by atoms with van der Waals surface area (Å²) in [5.41, 5.74) is 0.899. The van der Waals surface area contributed by atoms with E-state index in [1.807, 2.05) is 63.2 Å². The number of likely N-dealkylation sites (tertiary alicyclic amines) is 1. The number of benzene rings is 2. The van der Waals surface area contributed by atoms with Crippen molar-refractivity contribution in [3.05, 3.63) is 70.7 Å². The Morgan fingerprint density at radius 3 is 2.38 bits per heavy atom. The van der Waals surface area contributed by atoms with Crippen molar-refractivity contribution in [1.29, 1.82) is 0 Å². The first kappa shape index (κ1) is 25.6. The third kappa shape index (κ3) is 5.19. The number of nitrogens with zero attached hydrogens (tertiary/aromatic N) is 2. The summed E-state index contributed by atoms with van der Waals surface area (Å²) in [5, 5.41) is 0.550. The maximum absolute atomic E-state index is 14.4. The van der Waals surface area contributed by atoms with Crippen LogP contribution in [0.4, 0.5) is 9.59 Å². The van der Waals surface area contributed by atoms with Gasteiger partial charge in [-0.2, -0.15) is 0 Å². The molecule has 3 fully saturated rings. The number of hydrogen-bond acceptors (Lipinski definition) is 5. The smallest absolute Gasteiger partial charge is 0.417 e. The molecule has 0 unspecified atom stereocenters. The van der Waals surface area contributed by atoms with Crippen LogP contribution in [0.2, 0.25) is 5.02 Å². The Hall–Kier alpha value is -3.06. The zero-order valence-corrected chi connectivity index (χ0v) is 22.2. The molecule has 37 heavy (non-hydrogen) atoms. The molecule has 0 N–H and O–H groups in total. The fourth-order valence-electron chi connectivity index (χ4n) is 5.77. The highest BCUT2D eigenvalue weighted by Gasteiger charge is 2.62. The minimum absolute atomic E-state index is 0.137. The Bertz CT molecular complexity index is 1170. The molecule has 0 radical (unpaired) electrons. The van der Waals surface area contributed by atoms with Crippen molar-refractivity contribution in [3.63, 3.8) is 0 Å². The molecule has 196 valence electrons. The maximum atomic E-state index is 14.4. The van der Waals surface area contributed by atoms with E-state index in [2.05, 4.69) is 0 Å². The van der Waals surface area contributed by atoms with E-state index in [1.165, 1.54) is 4.90 Å². The first-order valence-electron chi connectivity index (χ1n) is 12.9. The molecule has 2 heterocycles. The molecule has 3 aliphatic rings. The molecular weight excluding hydrogens is 492 g/mol. The Morgan fingerprint density at radius 1 is 1.08 bits per heavy atom. The lowest BCUT2D eigenvalue weighted by Gasteiger charge is -2.37. The molecule has 1 spiro atoms. The molecular formula is C29H33ClN2O5. The molecule has 3 atom stereocenters. The first-order chi connectivity index (χ1) is 17.6. The molecule has 1 saturated carbocycles. The van der Waals surface area contributed by atoms with Gasteiger partial charge in [0.05, 0.1) is 18.0 Å². The summed E-state index contributed by atoms with van der Waals surface area (Å²) in [6.45, 7) is 6.14. The number of carbonyl (C=O) groups is 3. The second-order valence-electron chi connectivity index (χ2n) is 11.4. The van der Waals surface area contributed by atoms with Crippen LogP contribution in [0.1, 0.15) is 57.1 Å². The number of carbonyl (C=O) groups excluding carboxylic acids is 3. The van der Waals surface area contributed by atoms with Gasteiger partial charge in [-0.3, -0.25) is 4.79 Å². The molecule has 7 nitrogen and oxygen atoms in total. The van der Waals surface area contributed by atoms with Crippen molar-refractivity contribution in [2.24, 2.45) is 5.41 Å². The SMILES string of the molecule is CC(C)(C)OC(=O)N1CCC2(CC2)[C@H]1[C@@H](C(=O)N1C(=O)OC[C@H]1Cc1ccccc1)c1ccc(Cl)cc1. The normalized spacial score (nSPS) is 23.2. The van der Waals surface area contributed by atoms with Gasteiger partial charge in [-0.1, -0.05) is 54.1 Å². The number of halogens is 1. The number of hydrogen-bond donors (Lipinski definition) is 0. The van der Waals surface area contributed by atoms with E-state index >= 15 is 0 Å². The van der Waals surface area contributed by atoms with E-state index in [4.69, 9.17) is 21.1 Å². The van der Waals surface area contributed by atoms with Gasteiger partial charge in [-0.15, -0.1) is 0 Å². The first-order valence-corrected chi connectivity index (χ1v) is 13.2. The monoisotopic (exact) mass is 524 g/mol. The van der Waals surface area contributed by atoms with Gasteiger partial charge in [0.25, 0.3) is 0 Å². The van der Waals surface area contributed by atoms with E-state index in [0.29, 0.717) is 18.0 Å². The Morgan fingerprint density at radius 2 is 1.76 bits per heavy atom. The summed E-state index contributed by atoms with van der Waals surface area (Å²) in [7, 11) is 0. The summed E-state index contributed by atoms with van der Waals surface area (Å²) < 4.78 is 11.1. The highest BCUT2D eigenvalue weighted by Crippen LogP contribution is 2.60. The second-order valence-corrected chi connectivity index (χ2v) is 11.8. The van der Waals surface area contributed by atoms with E-state index < -0.39 is 35.8 Å². The zero-order chi connectivity index (χ0) is 26.4. The Balaban J connectivity index is 1.52. The fraction of sp³-hybridized carbons (Fsp3) is 0.483. The summed E-state index contributed by atoms with van der Waals surface area (Å²) in [6, 6.07) is 16.0. The molecule has 2 saturated heterocycles. The van der Waals surface area contributed by atoms with Crippen LogP contribution in [0.3, 0.4) is 0 Å². The van der Waals surface area contributed by atoms with Crippen LogP contribution < -0.4 is 0 Å². The third-order valence-corrected chi connectivity index (χ3v) is 7.91. The van der Waals surface area contributed by atoms with Gasteiger partial charge in [0.15, 0.2) is 0 Å². The average Bonchev–Trinajstić information content (AvgIpc) is 3.40. The summed E-state index contributed by atoms with van der Waals surface area (Å²) >= 11 is 6.19. The lowest BCUT2D eigenvalue weighted by atomic mass is 9.80. The molecule has 2 aromatic carbocycles. The third-order valence-electron chi connectivity index (χ3n) is 7.66. The second kappa shape index (κ2) is 9.67. The molecule has 5 rings (SSSR count). The van der Waals surface area contributed by atoms with Crippen molar-refractivity contribution in [1.82, 2.24) is 9.80 Å². The van der Waals surface area contributed by atoms with Crippen LogP contribution in [0.15, 0.2) is 54.6 Å². The summed E-state index contributed by atoms with van der Waals surface area (Å²) in [5.74, 6) is -1.10. The highest BCUT2D eigenvalue weighted by molar-refractivity contribution is 6.30. The molecule has 0 bridgehead atoms. The molecule has 2 aromatic rings. The molecule has 0 aromatic heterocycles. The predicted molar refractivity (Wildman–Crippen MR) is 139 cm³/mol. The quantitative estimate of drug-likeness (QED) is 0.494. The standard InChI is InChI=1S/C29H33ClN2O5/c1-28(2,3)37-26(34)31-16-15-29(13-14-29)24(31)23(20-9-11-21(30)12-10-20)25(33)32-22(18-36-27(32)35)17-19-7-5-4-6-8-19/h4-12,22-24H,13-18H2,1-3H3/t22-,23+,24-/m1/s1. The zero-order valence-electron chi connectivity index (χ0n) is 21.5. The van der Waals surface area contributed by atoms with E-state index in [1.54, 1.807) is 17.0 Å². The summed E-state index contributed by atoms with van der Waals surface area (Å²) in [4.78, 5) is 43.7. The van der Waals surface area contributed by atoms with Crippen molar-refractivity contribution >= 4 is 29.7 Å². The number of ether oxygens (including phenoxy) is 2. The predicted octanol–water partition coefficient (Wildman–Crippen LogP) is 5.80. The van der Waals surface area contributed by atoms with Gasteiger partial charge in [-0.05, 0) is 75.1 Å². The molecule has 8 heteroatoms. The van der Waals surface area contributed by atoms with Crippen LogP contribution in [-0.4, -0.2) is 58.7 Å². The van der Waals surface area contributed by atoms with Crippen molar-refractivity contribution in [3.8, 4) is 0 Å². The topological polar surface area (TPSA) is 76.2 Å². The number of cyclic esters (lactones) is 1. The van der Waals surface area contributed by atoms with E-state index in [9.17, 15) is 14.4 Å². The van der Waals surface area contributed by atoms with E-state index in [0.717, 1.165) is 30.4 Å². The minimum atomic E-state index is -0.751. The maximum Gasteiger partial charge on any atom is 0.417 e. The number of amides is 3. The number of rotatable bonds is 5. The van der Waals surface area contributed by atoms with Gasteiger partial charge in [0.1, 0.15) is 12.2 Å². The molecule has 1 aliphatic carbocycles. The lowest BCUT2D eigenvalue weighted by Crippen LogP contribution is -2.52. The minimum Gasteiger partial charge on any atom is -0.447 e. The molecule has 2 aliphatic heterocycles. The van der Waals surface area contributed by atoms with Crippen LogP contribution in [-0.2, 0) is 20.7 Å². The van der Waals surface area contributed by atoms with Crippen LogP contribution >= 0.6 is 11.6 Å². The summed E-state index contributed by atoms with van der Waals surface area (Å²) in [6.07, 6.45) is 2.07. The van der Waals surface area contributed by atoms with Gasteiger partial charge in [-0.25, -0.2) is 14.5 Å². The van der Waals surface area contributed by atoms with Gasteiger partial charge >= 0.3 is 12.2 Å². The van der Waals surface area contributed by atoms with Crippen molar-refractivity contribution in [2.75, 3.05) is 13.2 Å². The van der Waals surface area contributed by atoms with E-state index in [-0.39, 0.29) is 17.9 Å². The van der Waals surface area contributed by atoms with Crippen LogP contribution in [0, 0.1) is 5.41 Å². The number of imide groups is 1. The van der Waals surface area contributed by atoms with Crippen LogP contribution in [0.5, 0.6) is 0 Å². The largest absolute Gasteiger partial charge is 0.447 e. The van der Waals surface area contributed by atoms with Crippen molar-refractivity contribution in [2.45, 2.75) is 70.1 Å². The van der Waals surface area contributed by atoms with Crippen LogP contribution in [0.25, 0.3) is 0 Å². The van der Waals surface area contributed by atoms with Crippen molar-refractivity contribution < 1.29 is 23.9 Å². The average molecular weight is 525 g/mol. The Kier molecular flexibility index (Phi) is 6.69. The fourth-order valence-corrected chi connectivity index (χ4v) is 5.90. The van der Waals surface area contributed by atoms with Gasteiger partial charge in [0.2, 0.25) is 5.91 Å².